The maximum absolute atomic E-state index is 12.4. The molecule has 0 aliphatic carbocycles. The molecule has 0 unspecified atom stereocenters. The average Bonchev–Trinajstić information content (AvgIpc) is 2.66. The Kier molecular flexibility index (Phi) is 6.89. The van der Waals surface area contributed by atoms with Crippen LogP contribution in [0.3, 0.4) is 0 Å². The van der Waals surface area contributed by atoms with E-state index in [9.17, 15) is 19.5 Å². The predicted molar refractivity (Wildman–Crippen MR) is 96.4 cm³/mol. The van der Waals surface area contributed by atoms with E-state index in [4.69, 9.17) is 5.11 Å². The zero-order chi connectivity index (χ0) is 19.6. The zero-order valence-electron chi connectivity index (χ0n) is 14.2. The summed E-state index contributed by atoms with van der Waals surface area (Å²) in [4.78, 5) is 39.2. The fourth-order valence-electron chi connectivity index (χ4n) is 2.05. The lowest BCUT2D eigenvalue weighted by molar-refractivity contribution is -0.137. The minimum Gasteiger partial charge on any atom is -0.494 e. The second-order valence-corrected chi connectivity index (χ2v) is 5.31. The number of amides is 2. The van der Waals surface area contributed by atoms with E-state index in [1.54, 1.807) is 36.4 Å². The number of carbonyl (C=O) groups is 3. The summed E-state index contributed by atoms with van der Waals surface area (Å²) in [7, 11) is 0. The molecule has 2 aromatic rings. The molecule has 0 radical (unpaired) electrons. The molecule has 0 fully saturated rings. The summed E-state index contributed by atoms with van der Waals surface area (Å²) >= 11 is 0. The van der Waals surface area contributed by atoms with Crippen molar-refractivity contribution in [3.05, 3.63) is 71.7 Å². The highest BCUT2D eigenvalue weighted by atomic mass is 16.4. The topological polar surface area (TPSA) is 141 Å². The van der Waals surface area contributed by atoms with Crippen LogP contribution in [0, 0.1) is 0 Å². The predicted octanol–water partition coefficient (Wildman–Crippen LogP) is 0.780. The standard InChI is InChI=1S/C18H18N4O5/c23-14(24)11-21-17(26)15(18(27)22-13-8-4-5-9-19-13)16(25)20-10-12-6-2-1-3-7-12/h1-9,20,25H,10-11H2,(H,21,26)(H,23,24)(H,19,22,27). The third-order valence-corrected chi connectivity index (χ3v) is 3.30. The van der Waals surface area contributed by atoms with Crippen LogP contribution < -0.4 is 16.0 Å². The number of aliphatic hydroxyl groups excluding tert-OH is 1. The molecule has 27 heavy (non-hydrogen) atoms. The number of hydrogen-bond donors (Lipinski definition) is 5. The van der Waals surface area contributed by atoms with Gasteiger partial charge in [0, 0.05) is 12.7 Å². The minimum absolute atomic E-state index is 0.152. The summed E-state index contributed by atoms with van der Waals surface area (Å²) in [5.41, 5.74) is 0.150. The maximum Gasteiger partial charge on any atom is 0.322 e. The summed E-state index contributed by atoms with van der Waals surface area (Å²) in [6.07, 6.45) is 1.44. The molecule has 9 heteroatoms. The van der Waals surface area contributed by atoms with Crippen molar-refractivity contribution in [1.29, 1.82) is 0 Å². The fraction of sp³-hybridized carbons (Fsp3) is 0.111. The fourth-order valence-corrected chi connectivity index (χ4v) is 2.05. The van der Waals surface area contributed by atoms with Gasteiger partial charge in [-0.05, 0) is 17.7 Å². The lowest BCUT2D eigenvalue weighted by Crippen LogP contribution is -2.37. The highest BCUT2D eigenvalue weighted by Crippen LogP contribution is 2.08. The highest BCUT2D eigenvalue weighted by Gasteiger charge is 2.24. The van der Waals surface area contributed by atoms with Crippen molar-refractivity contribution in [2.45, 2.75) is 6.54 Å². The van der Waals surface area contributed by atoms with Gasteiger partial charge in [-0.2, -0.15) is 0 Å². The molecule has 1 aromatic heterocycles. The number of nitrogens with one attached hydrogen (secondary N) is 3. The van der Waals surface area contributed by atoms with Gasteiger partial charge >= 0.3 is 5.97 Å². The van der Waals surface area contributed by atoms with Crippen LogP contribution in [0.1, 0.15) is 5.56 Å². The first kappa shape index (κ1) is 19.4. The number of hydrogen-bond acceptors (Lipinski definition) is 6. The molecule has 2 amide bonds. The van der Waals surface area contributed by atoms with E-state index in [0.717, 1.165) is 5.56 Å². The lowest BCUT2D eigenvalue weighted by atomic mass is 10.2. The Labute approximate surface area is 154 Å². The van der Waals surface area contributed by atoms with Crippen LogP contribution in [0.4, 0.5) is 5.82 Å². The van der Waals surface area contributed by atoms with Crippen molar-refractivity contribution >= 4 is 23.6 Å². The van der Waals surface area contributed by atoms with Crippen molar-refractivity contribution in [2.75, 3.05) is 11.9 Å². The molecule has 1 aromatic carbocycles. The molecule has 5 N–H and O–H groups in total. The number of benzene rings is 1. The molecular formula is C18H18N4O5. The first-order chi connectivity index (χ1) is 13.0. The summed E-state index contributed by atoms with van der Waals surface area (Å²) in [6, 6.07) is 13.8. The number of anilines is 1. The van der Waals surface area contributed by atoms with Crippen LogP contribution in [0.5, 0.6) is 0 Å². The lowest BCUT2D eigenvalue weighted by Gasteiger charge is -2.12. The van der Waals surface area contributed by atoms with E-state index in [1.165, 1.54) is 12.3 Å². The number of carboxylic acids is 1. The van der Waals surface area contributed by atoms with Crippen molar-refractivity contribution in [3.8, 4) is 0 Å². The molecule has 0 saturated heterocycles. The molecule has 9 nitrogen and oxygen atoms in total. The van der Waals surface area contributed by atoms with Crippen molar-refractivity contribution in [2.24, 2.45) is 0 Å². The SMILES string of the molecule is O=C(O)CNC(=O)C(C(=O)Nc1ccccn1)=C(O)NCc1ccccc1. The number of aromatic nitrogens is 1. The van der Waals surface area contributed by atoms with Gasteiger partial charge in [0.2, 0.25) is 5.88 Å². The Hall–Kier alpha value is -3.88. The molecule has 0 bridgehead atoms. The van der Waals surface area contributed by atoms with Gasteiger partial charge in [-0.25, -0.2) is 4.98 Å². The van der Waals surface area contributed by atoms with Gasteiger partial charge < -0.3 is 26.2 Å². The number of carboxylic acid groups (broad SMARTS) is 1. The van der Waals surface area contributed by atoms with Gasteiger partial charge in [-0.15, -0.1) is 0 Å². The number of aliphatic hydroxyl groups is 1. The second kappa shape index (κ2) is 9.56. The van der Waals surface area contributed by atoms with Gasteiger partial charge in [-0.3, -0.25) is 14.4 Å². The van der Waals surface area contributed by atoms with Crippen molar-refractivity contribution in [3.63, 3.8) is 0 Å². The third kappa shape index (κ3) is 6.16. The molecule has 0 aliphatic heterocycles. The van der Waals surface area contributed by atoms with E-state index in [2.05, 4.69) is 20.9 Å². The Morgan fingerprint density at radius 1 is 0.889 bits per heavy atom. The largest absolute Gasteiger partial charge is 0.494 e. The number of carbonyl (C=O) groups excluding carboxylic acids is 2. The monoisotopic (exact) mass is 370 g/mol. The summed E-state index contributed by atoms with van der Waals surface area (Å²) in [5, 5.41) is 25.9. The van der Waals surface area contributed by atoms with Gasteiger partial charge in [0.25, 0.3) is 11.8 Å². The first-order valence-corrected chi connectivity index (χ1v) is 7.90. The Morgan fingerprint density at radius 2 is 1.59 bits per heavy atom. The van der Waals surface area contributed by atoms with E-state index in [-0.39, 0.29) is 12.4 Å². The Morgan fingerprint density at radius 3 is 2.22 bits per heavy atom. The maximum atomic E-state index is 12.4. The molecule has 1 heterocycles. The zero-order valence-corrected chi connectivity index (χ0v) is 14.2. The van der Waals surface area contributed by atoms with Crippen molar-refractivity contribution < 1.29 is 24.6 Å². The normalized spacial score (nSPS) is 11.1. The van der Waals surface area contributed by atoms with Crippen LogP contribution in [0.2, 0.25) is 0 Å². The third-order valence-electron chi connectivity index (χ3n) is 3.30. The highest BCUT2D eigenvalue weighted by molar-refractivity contribution is 6.23. The number of pyridine rings is 1. The van der Waals surface area contributed by atoms with E-state index >= 15 is 0 Å². The smallest absolute Gasteiger partial charge is 0.322 e. The molecule has 140 valence electrons. The minimum atomic E-state index is -1.29. The van der Waals surface area contributed by atoms with Gasteiger partial charge in [-0.1, -0.05) is 36.4 Å². The van der Waals surface area contributed by atoms with E-state index in [1.807, 2.05) is 6.07 Å². The summed E-state index contributed by atoms with van der Waals surface area (Å²) < 4.78 is 0. The summed E-state index contributed by atoms with van der Waals surface area (Å²) in [5.74, 6) is -3.78. The van der Waals surface area contributed by atoms with Crippen LogP contribution >= 0.6 is 0 Å². The average molecular weight is 370 g/mol. The van der Waals surface area contributed by atoms with Crippen LogP contribution in [0.25, 0.3) is 0 Å². The van der Waals surface area contributed by atoms with Crippen LogP contribution in [0.15, 0.2) is 66.2 Å². The number of rotatable bonds is 8. The van der Waals surface area contributed by atoms with Crippen molar-refractivity contribution in [1.82, 2.24) is 15.6 Å². The van der Waals surface area contributed by atoms with Gasteiger partial charge in [0.05, 0.1) is 0 Å². The molecule has 0 aliphatic rings. The van der Waals surface area contributed by atoms with E-state index in [0.29, 0.717) is 0 Å². The Balaban J connectivity index is 2.19. The Bertz CT molecular complexity index is 837. The van der Waals surface area contributed by atoms with Gasteiger partial charge in [0.15, 0.2) is 5.57 Å². The van der Waals surface area contributed by atoms with Gasteiger partial charge in [0.1, 0.15) is 12.4 Å². The van der Waals surface area contributed by atoms with Crippen LogP contribution in [-0.4, -0.2) is 39.5 Å². The molecule has 0 spiro atoms. The van der Waals surface area contributed by atoms with E-state index < -0.39 is 35.8 Å². The van der Waals surface area contributed by atoms with Crippen LogP contribution in [-0.2, 0) is 20.9 Å². The first-order valence-electron chi connectivity index (χ1n) is 7.90. The quantitative estimate of drug-likeness (QED) is 0.200. The number of aliphatic carboxylic acids is 1. The molecule has 0 atom stereocenters. The second-order valence-electron chi connectivity index (χ2n) is 5.31. The molecule has 2 rings (SSSR count). The summed E-state index contributed by atoms with van der Waals surface area (Å²) in [6.45, 7) is -0.551. The molecule has 0 saturated carbocycles. The molecular weight excluding hydrogens is 352 g/mol. The number of nitrogens with zero attached hydrogens (tertiary/aromatic N) is 1.